The lowest BCUT2D eigenvalue weighted by atomic mass is 10.1. The maximum atomic E-state index is 13.3. The Morgan fingerprint density at radius 3 is 2.55 bits per heavy atom. The highest BCUT2D eigenvalue weighted by molar-refractivity contribution is 5.77. The van der Waals surface area contributed by atoms with Gasteiger partial charge in [-0.2, -0.15) is 10.2 Å². The first kappa shape index (κ1) is 23.9. The molecular weight excluding hydrogens is 492 g/mol. The quantitative estimate of drug-likeness (QED) is 0.299. The molecule has 1 fully saturated rings. The zero-order valence-electron chi connectivity index (χ0n) is 21.1. The molecule has 0 bridgehead atoms. The van der Waals surface area contributed by atoms with E-state index in [0.29, 0.717) is 41.3 Å². The summed E-state index contributed by atoms with van der Waals surface area (Å²) in [7, 11) is 5.16. The summed E-state index contributed by atoms with van der Waals surface area (Å²) in [5.74, 6) is 1.89. The number of nitrogens with zero attached hydrogens (tertiary/aromatic N) is 9. The molecule has 1 aliphatic carbocycles. The van der Waals surface area contributed by atoms with Gasteiger partial charge in [-0.25, -0.2) is 38.1 Å². The zero-order chi connectivity index (χ0) is 26.4. The Labute approximate surface area is 216 Å². The predicted molar refractivity (Wildman–Crippen MR) is 137 cm³/mol. The van der Waals surface area contributed by atoms with E-state index in [2.05, 4.69) is 25.1 Å². The first-order valence-corrected chi connectivity index (χ1v) is 12.2. The van der Waals surface area contributed by atoms with Crippen molar-refractivity contribution in [2.45, 2.75) is 31.7 Å². The molecule has 0 unspecified atom stereocenters. The molecule has 38 heavy (non-hydrogen) atoms. The fourth-order valence-electron chi connectivity index (χ4n) is 4.44. The number of methoxy groups -OCH3 is 1. The van der Waals surface area contributed by atoms with Crippen molar-refractivity contribution < 1.29 is 13.5 Å². The van der Waals surface area contributed by atoms with Gasteiger partial charge < -0.3 is 9.64 Å². The Morgan fingerprint density at radius 1 is 1.08 bits per heavy atom. The molecule has 0 saturated heterocycles. The lowest BCUT2D eigenvalue weighted by molar-refractivity contribution is 0.145. The van der Waals surface area contributed by atoms with Crippen molar-refractivity contribution in [1.82, 2.24) is 39.5 Å². The molecule has 0 amide bonds. The van der Waals surface area contributed by atoms with Gasteiger partial charge in [0.2, 0.25) is 5.88 Å². The molecule has 4 heterocycles. The van der Waals surface area contributed by atoms with Gasteiger partial charge in [0, 0.05) is 32.3 Å². The second-order valence-electron chi connectivity index (χ2n) is 9.39. The van der Waals surface area contributed by atoms with Gasteiger partial charge in [-0.3, -0.25) is 0 Å². The van der Waals surface area contributed by atoms with Gasteiger partial charge in [0.05, 0.1) is 36.6 Å². The van der Waals surface area contributed by atoms with Crippen LogP contribution in [0.15, 0.2) is 49.1 Å². The summed E-state index contributed by atoms with van der Waals surface area (Å²) < 4.78 is 35.4. The number of hydrogen-bond donors (Lipinski definition) is 0. The van der Waals surface area contributed by atoms with Gasteiger partial charge >= 0.3 is 0 Å². The molecule has 0 atom stereocenters. The van der Waals surface area contributed by atoms with Crippen LogP contribution < -0.4 is 9.64 Å². The van der Waals surface area contributed by atoms with Crippen LogP contribution in [0.3, 0.4) is 0 Å². The number of alkyl halides is 2. The van der Waals surface area contributed by atoms with Crippen LogP contribution in [0.25, 0.3) is 28.1 Å². The van der Waals surface area contributed by atoms with E-state index >= 15 is 0 Å². The highest BCUT2D eigenvalue weighted by atomic mass is 19.3. The molecule has 4 aromatic heterocycles. The van der Waals surface area contributed by atoms with Gasteiger partial charge in [-0.05, 0) is 30.5 Å². The van der Waals surface area contributed by atoms with Crippen LogP contribution in [0.4, 0.5) is 14.6 Å². The molecule has 0 N–H and O–H groups in total. The normalized spacial score (nSPS) is 13.4. The third-order valence-electron chi connectivity index (χ3n) is 6.50. The summed E-state index contributed by atoms with van der Waals surface area (Å²) in [4.78, 5) is 19.9. The molecule has 1 aliphatic rings. The van der Waals surface area contributed by atoms with E-state index in [1.165, 1.54) is 17.1 Å². The van der Waals surface area contributed by atoms with Crippen molar-refractivity contribution >= 4 is 16.9 Å². The monoisotopic (exact) mass is 517 g/mol. The third kappa shape index (κ3) is 4.31. The lowest BCUT2D eigenvalue weighted by Crippen LogP contribution is -2.14. The number of rotatable bonds is 8. The number of anilines is 1. The minimum atomic E-state index is -2.64. The topological polar surface area (TPSA) is 99.7 Å². The molecule has 0 spiro atoms. The Bertz CT molecular complexity index is 1610. The van der Waals surface area contributed by atoms with Crippen LogP contribution in [0.5, 0.6) is 5.88 Å². The van der Waals surface area contributed by atoms with E-state index in [9.17, 15) is 8.78 Å². The number of fused-ring (bicyclic) bond motifs is 1. The highest BCUT2D eigenvalue weighted by Crippen LogP contribution is 2.44. The smallest absolute Gasteiger partial charge is 0.282 e. The predicted octanol–water partition coefficient (Wildman–Crippen LogP) is 4.41. The highest BCUT2D eigenvalue weighted by Gasteiger charge is 2.31. The Hall–Kier alpha value is -4.48. The largest absolute Gasteiger partial charge is 0.480 e. The second kappa shape index (κ2) is 9.43. The van der Waals surface area contributed by atoms with Crippen molar-refractivity contribution in [1.29, 1.82) is 0 Å². The number of halogens is 2. The molecule has 1 aromatic carbocycles. The van der Waals surface area contributed by atoms with Crippen LogP contribution in [-0.2, 0) is 6.54 Å². The van der Waals surface area contributed by atoms with Crippen molar-refractivity contribution in [3.05, 3.63) is 66.0 Å². The molecule has 6 rings (SSSR count). The van der Waals surface area contributed by atoms with Crippen molar-refractivity contribution in [2.24, 2.45) is 0 Å². The maximum Gasteiger partial charge on any atom is 0.282 e. The van der Waals surface area contributed by atoms with E-state index in [1.54, 1.807) is 43.2 Å². The fourth-order valence-corrected chi connectivity index (χ4v) is 4.44. The number of aromatic nitrogens is 8. The third-order valence-corrected chi connectivity index (χ3v) is 6.50. The SMILES string of the molecule is COc1ncnc(C2CC2)c1-c1ncc2cnn(Cc3ccc(-n4nc(C(F)F)cc4N(C)C)cc3)c2n1. The minimum absolute atomic E-state index is 0.262. The first-order valence-electron chi connectivity index (χ1n) is 12.2. The summed E-state index contributed by atoms with van der Waals surface area (Å²) in [6.45, 7) is 0.458. The Balaban J connectivity index is 1.32. The molecule has 0 radical (unpaired) electrons. The van der Waals surface area contributed by atoms with Crippen molar-refractivity contribution in [3.8, 4) is 23.0 Å². The molecule has 0 aliphatic heterocycles. The number of ether oxygens (including phenoxy) is 1. The summed E-state index contributed by atoms with van der Waals surface area (Å²) in [5.41, 5.74) is 3.69. The summed E-state index contributed by atoms with van der Waals surface area (Å²) in [5, 5.41) is 9.42. The fraction of sp³-hybridized carbons (Fsp3) is 0.308. The van der Waals surface area contributed by atoms with Crippen molar-refractivity contribution in [2.75, 3.05) is 26.1 Å². The number of benzene rings is 1. The molecule has 194 valence electrons. The Kier molecular flexibility index (Phi) is 5.93. The van der Waals surface area contributed by atoms with Crippen molar-refractivity contribution in [3.63, 3.8) is 0 Å². The molecular formula is C26H25F2N9O. The number of hydrogen-bond acceptors (Lipinski definition) is 8. The van der Waals surface area contributed by atoms with Crippen LogP contribution in [0, 0.1) is 0 Å². The van der Waals surface area contributed by atoms with Crippen LogP contribution >= 0.6 is 0 Å². The van der Waals surface area contributed by atoms with Gasteiger partial charge in [-0.1, -0.05) is 12.1 Å². The van der Waals surface area contributed by atoms with Crippen LogP contribution in [0.1, 0.15) is 42.1 Å². The summed E-state index contributed by atoms with van der Waals surface area (Å²) in [6, 6.07) is 8.95. The Morgan fingerprint density at radius 2 is 1.87 bits per heavy atom. The molecule has 1 saturated carbocycles. The average Bonchev–Trinajstić information content (AvgIpc) is 3.55. The second-order valence-corrected chi connectivity index (χ2v) is 9.39. The van der Waals surface area contributed by atoms with E-state index < -0.39 is 6.43 Å². The minimum Gasteiger partial charge on any atom is -0.480 e. The zero-order valence-corrected chi connectivity index (χ0v) is 21.1. The van der Waals surface area contributed by atoms with E-state index in [1.807, 2.05) is 24.3 Å². The molecule has 12 heteroatoms. The van der Waals surface area contributed by atoms with Crippen LogP contribution in [0.2, 0.25) is 0 Å². The van der Waals surface area contributed by atoms with Gasteiger partial charge in [0.25, 0.3) is 6.43 Å². The summed E-state index contributed by atoms with van der Waals surface area (Å²) in [6.07, 6.45) is 4.49. The van der Waals surface area contributed by atoms with E-state index in [0.717, 1.165) is 35.0 Å². The molecule has 5 aromatic rings. The van der Waals surface area contributed by atoms with Crippen LogP contribution in [-0.4, -0.2) is 60.7 Å². The first-order chi connectivity index (χ1) is 18.4. The van der Waals surface area contributed by atoms with Gasteiger partial charge in [0.15, 0.2) is 11.5 Å². The maximum absolute atomic E-state index is 13.3. The molecule has 10 nitrogen and oxygen atoms in total. The van der Waals surface area contributed by atoms with E-state index in [-0.39, 0.29) is 5.69 Å². The average molecular weight is 518 g/mol. The lowest BCUT2D eigenvalue weighted by Gasteiger charge is -2.14. The summed E-state index contributed by atoms with van der Waals surface area (Å²) >= 11 is 0. The standard InChI is InChI=1S/C26H25F2N9O/c1-35(2)20-10-19(23(27)28)34-37(20)18-8-4-15(5-9-18)13-36-25-17(12-32-36)11-29-24(33-25)21-22(16-6-7-16)30-14-31-26(21)38-3/h4-5,8-12,14,16,23H,6-7,13H2,1-3H3. The van der Waals surface area contributed by atoms with Gasteiger partial charge in [-0.15, -0.1) is 0 Å². The van der Waals surface area contributed by atoms with E-state index in [4.69, 9.17) is 9.72 Å². The van der Waals surface area contributed by atoms with Gasteiger partial charge in [0.1, 0.15) is 23.4 Å².